The number of sulfonamides is 1. The third-order valence-corrected chi connectivity index (χ3v) is 6.36. The van der Waals surface area contributed by atoms with E-state index in [1.165, 1.54) is 55.6 Å². The molecule has 0 saturated carbocycles. The molecule has 0 aliphatic carbocycles. The second-order valence-corrected chi connectivity index (χ2v) is 9.01. The smallest absolute Gasteiger partial charge is 0.323 e. The molecular formula is C25H21N3O5S. The van der Waals surface area contributed by atoms with Crippen LogP contribution >= 0.6 is 0 Å². The summed E-state index contributed by atoms with van der Waals surface area (Å²) in [6, 6.07) is 24.5. The van der Waals surface area contributed by atoms with Crippen LogP contribution in [0.4, 0.5) is 16.2 Å². The molecule has 34 heavy (non-hydrogen) atoms. The predicted molar refractivity (Wildman–Crippen MR) is 131 cm³/mol. The number of ether oxygens (including phenoxy) is 1. The molecule has 9 heteroatoms. The van der Waals surface area contributed by atoms with Gasteiger partial charge in [-0.3, -0.25) is 4.79 Å². The molecule has 0 fully saturated rings. The van der Waals surface area contributed by atoms with Gasteiger partial charge in [0.15, 0.2) is 0 Å². The number of anilines is 2. The number of methoxy groups -OCH3 is 1. The van der Waals surface area contributed by atoms with Crippen LogP contribution in [0.3, 0.4) is 0 Å². The van der Waals surface area contributed by atoms with Gasteiger partial charge >= 0.3 is 6.03 Å². The largest absolute Gasteiger partial charge is 0.497 e. The number of fused-ring (bicyclic) bond motifs is 1. The Kier molecular flexibility index (Phi) is 6.46. The maximum atomic E-state index is 12.4. The zero-order valence-corrected chi connectivity index (χ0v) is 18.9. The van der Waals surface area contributed by atoms with Gasteiger partial charge in [0.2, 0.25) is 0 Å². The van der Waals surface area contributed by atoms with E-state index in [4.69, 9.17) is 4.74 Å². The van der Waals surface area contributed by atoms with E-state index >= 15 is 0 Å². The van der Waals surface area contributed by atoms with Gasteiger partial charge in [0.05, 0.1) is 12.0 Å². The molecule has 0 heterocycles. The summed E-state index contributed by atoms with van der Waals surface area (Å²) in [5, 5.41) is 7.50. The first-order chi connectivity index (χ1) is 16.3. The summed E-state index contributed by atoms with van der Waals surface area (Å²) in [5.74, 6) is -0.291. The van der Waals surface area contributed by atoms with Crippen LogP contribution in [0.1, 0.15) is 10.4 Å². The van der Waals surface area contributed by atoms with E-state index in [0.29, 0.717) is 17.1 Å². The lowest BCUT2D eigenvalue weighted by molar-refractivity contribution is 0.0981. The van der Waals surface area contributed by atoms with Crippen molar-refractivity contribution in [2.24, 2.45) is 0 Å². The summed E-state index contributed by atoms with van der Waals surface area (Å²) in [4.78, 5) is 24.7. The van der Waals surface area contributed by atoms with E-state index in [2.05, 4.69) is 10.6 Å². The van der Waals surface area contributed by atoms with Crippen molar-refractivity contribution in [3.63, 3.8) is 0 Å². The molecule has 8 nitrogen and oxygen atoms in total. The van der Waals surface area contributed by atoms with E-state index in [1.807, 2.05) is 41.1 Å². The lowest BCUT2D eigenvalue weighted by atomic mass is 10.1. The normalized spacial score (nSPS) is 11.0. The summed E-state index contributed by atoms with van der Waals surface area (Å²) in [5.41, 5.74) is 1.20. The number of hydrogen-bond acceptors (Lipinski definition) is 5. The standard InChI is InChI=1S/C25H21N3O5S/c1-33-22-12-14-23(15-13-22)34(31,32)28-24(29)18-7-9-20(10-8-18)26-25(30)27-21-11-6-17-4-2-3-5-19(17)16-21/h2-16H,1H3,(H,28,29)(H2,26,27,30). The van der Waals surface area contributed by atoms with Gasteiger partial charge < -0.3 is 15.4 Å². The average Bonchev–Trinajstić information content (AvgIpc) is 2.84. The van der Waals surface area contributed by atoms with Gasteiger partial charge in [-0.1, -0.05) is 30.3 Å². The Morgan fingerprint density at radius 1 is 0.735 bits per heavy atom. The van der Waals surface area contributed by atoms with Gasteiger partial charge in [0.25, 0.3) is 15.9 Å². The quantitative estimate of drug-likeness (QED) is 0.377. The fraction of sp³-hybridized carbons (Fsp3) is 0.0400. The molecule has 0 aliphatic heterocycles. The zero-order valence-electron chi connectivity index (χ0n) is 18.1. The van der Waals surface area contributed by atoms with Crippen LogP contribution in [0.5, 0.6) is 5.75 Å². The molecule has 0 aliphatic rings. The van der Waals surface area contributed by atoms with Crippen molar-refractivity contribution < 1.29 is 22.7 Å². The Morgan fingerprint density at radius 3 is 2.03 bits per heavy atom. The molecule has 0 aromatic heterocycles. The summed E-state index contributed by atoms with van der Waals surface area (Å²) < 4.78 is 31.9. The minimum Gasteiger partial charge on any atom is -0.497 e. The molecule has 0 bridgehead atoms. The van der Waals surface area contributed by atoms with Crippen molar-refractivity contribution in [2.45, 2.75) is 4.90 Å². The number of benzene rings is 4. The third kappa shape index (κ3) is 5.33. The fourth-order valence-electron chi connectivity index (χ4n) is 3.26. The number of amides is 3. The Morgan fingerprint density at radius 2 is 1.35 bits per heavy atom. The highest BCUT2D eigenvalue weighted by atomic mass is 32.2. The Hall–Kier alpha value is -4.37. The van der Waals surface area contributed by atoms with Crippen molar-refractivity contribution in [3.05, 3.63) is 96.6 Å². The average molecular weight is 476 g/mol. The molecule has 4 rings (SSSR count). The van der Waals surface area contributed by atoms with Crippen molar-refractivity contribution in [3.8, 4) is 5.75 Å². The summed E-state index contributed by atoms with van der Waals surface area (Å²) in [7, 11) is -2.58. The number of urea groups is 1. The first-order valence-electron chi connectivity index (χ1n) is 10.2. The fourth-order valence-corrected chi connectivity index (χ4v) is 4.23. The highest BCUT2D eigenvalue weighted by Crippen LogP contribution is 2.20. The van der Waals surface area contributed by atoms with Crippen molar-refractivity contribution in [1.82, 2.24) is 4.72 Å². The molecule has 0 atom stereocenters. The second kappa shape index (κ2) is 9.63. The third-order valence-electron chi connectivity index (χ3n) is 5.01. The van der Waals surface area contributed by atoms with Gasteiger partial charge in [-0.25, -0.2) is 17.9 Å². The molecule has 3 amide bonds. The van der Waals surface area contributed by atoms with Crippen LogP contribution in [-0.2, 0) is 10.0 Å². The van der Waals surface area contributed by atoms with Crippen LogP contribution in [0.15, 0.2) is 95.9 Å². The van der Waals surface area contributed by atoms with Gasteiger partial charge in [-0.15, -0.1) is 0 Å². The SMILES string of the molecule is COc1ccc(S(=O)(=O)NC(=O)c2ccc(NC(=O)Nc3ccc4ccccc4c3)cc2)cc1. The molecule has 0 saturated heterocycles. The van der Waals surface area contributed by atoms with E-state index in [0.717, 1.165) is 10.8 Å². The monoisotopic (exact) mass is 475 g/mol. The lowest BCUT2D eigenvalue weighted by Crippen LogP contribution is -2.30. The summed E-state index contributed by atoms with van der Waals surface area (Å²) in [6.07, 6.45) is 0. The molecule has 0 spiro atoms. The Labute approximate surface area is 196 Å². The molecular weight excluding hydrogens is 454 g/mol. The van der Waals surface area contributed by atoms with E-state index in [1.54, 1.807) is 6.07 Å². The van der Waals surface area contributed by atoms with Crippen LogP contribution < -0.4 is 20.1 Å². The molecule has 0 radical (unpaired) electrons. The summed E-state index contributed by atoms with van der Waals surface area (Å²) in [6.45, 7) is 0. The first-order valence-corrected chi connectivity index (χ1v) is 11.7. The van der Waals surface area contributed by atoms with E-state index in [-0.39, 0.29) is 10.5 Å². The van der Waals surface area contributed by atoms with Crippen LogP contribution in [-0.4, -0.2) is 27.5 Å². The van der Waals surface area contributed by atoms with E-state index in [9.17, 15) is 18.0 Å². The lowest BCUT2D eigenvalue weighted by Gasteiger charge is -2.10. The summed E-state index contributed by atoms with van der Waals surface area (Å²) >= 11 is 0. The van der Waals surface area contributed by atoms with Crippen molar-refractivity contribution in [1.29, 1.82) is 0 Å². The highest BCUT2D eigenvalue weighted by molar-refractivity contribution is 7.90. The van der Waals surface area contributed by atoms with Crippen LogP contribution in [0.25, 0.3) is 10.8 Å². The predicted octanol–water partition coefficient (Wildman–Crippen LogP) is 4.61. The Bertz CT molecular complexity index is 1450. The molecule has 172 valence electrons. The van der Waals surface area contributed by atoms with E-state index < -0.39 is 22.0 Å². The highest BCUT2D eigenvalue weighted by Gasteiger charge is 2.19. The number of nitrogens with one attached hydrogen (secondary N) is 3. The minimum atomic E-state index is -4.05. The maximum Gasteiger partial charge on any atom is 0.323 e. The first kappa shape index (κ1) is 22.8. The molecule has 4 aromatic rings. The van der Waals surface area contributed by atoms with Crippen molar-refractivity contribution in [2.75, 3.05) is 17.7 Å². The van der Waals surface area contributed by atoms with Gasteiger partial charge in [-0.05, 0) is 71.4 Å². The minimum absolute atomic E-state index is 0.0645. The van der Waals surface area contributed by atoms with Gasteiger partial charge in [0.1, 0.15) is 5.75 Å². The number of rotatable bonds is 6. The topological polar surface area (TPSA) is 114 Å². The molecule has 3 N–H and O–H groups in total. The maximum absolute atomic E-state index is 12.4. The van der Waals surface area contributed by atoms with Crippen LogP contribution in [0, 0.1) is 0 Å². The Balaban J connectivity index is 1.37. The van der Waals surface area contributed by atoms with Crippen LogP contribution in [0.2, 0.25) is 0 Å². The molecule has 0 unspecified atom stereocenters. The van der Waals surface area contributed by atoms with Gasteiger partial charge in [-0.2, -0.15) is 0 Å². The second-order valence-electron chi connectivity index (χ2n) is 7.33. The van der Waals surface area contributed by atoms with Crippen molar-refractivity contribution >= 4 is 44.1 Å². The number of hydrogen-bond donors (Lipinski definition) is 3. The molecule has 4 aromatic carbocycles. The number of carbonyl (C=O) groups is 2. The number of carbonyl (C=O) groups excluding carboxylic acids is 2. The zero-order chi connectivity index (χ0) is 24.1. The van der Waals surface area contributed by atoms with Gasteiger partial charge in [0, 0.05) is 16.9 Å².